The number of carboxylic acid groups (broad SMARTS) is 1. The average Bonchev–Trinajstić information content (AvgIpc) is 3.41. The van der Waals surface area contributed by atoms with Crippen LogP contribution < -0.4 is 11.5 Å². The number of nitrogens with two attached hydrogens (primary N) is 2. The molecule has 0 amide bonds. The molecule has 258 valence electrons. The van der Waals surface area contributed by atoms with E-state index in [0.717, 1.165) is 38.5 Å². The quantitative estimate of drug-likeness (QED) is 0.302. The van der Waals surface area contributed by atoms with Crippen LogP contribution in [0.1, 0.15) is 107 Å². The van der Waals surface area contributed by atoms with Crippen molar-refractivity contribution >= 4 is 11.9 Å². The Morgan fingerprint density at radius 1 is 1.09 bits per heavy atom. The molecular weight excluding hydrogens is 580 g/mol. The molecule has 5 aliphatic rings. The van der Waals surface area contributed by atoms with Crippen molar-refractivity contribution < 1.29 is 19.4 Å². The molecule has 6 rings (SSSR count). The summed E-state index contributed by atoms with van der Waals surface area (Å²) in [5.74, 6) is 0.780. The maximum atomic E-state index is 13.4. The summed E-state index contributed by atoms with van der Waals surface area (Å²) < 4.78 is 13.5. The first-order valence-electron chi connectivity index (χ1n) is 17.9. The number of hydrogen-bond donors (Lipinski definition) is 3. The summed E-state index contributed by atoms with van der Waals surface area (Å²) >= 11 is 0. The number of carboxylic acids is 1. The monoisotopic (exact) mass is 640 g/mol. The van der Waals surface area contributed by atoms with E-state index in [9.17, 15) is 9.90 Å². The Morgan fingerprint density at radius 3 is 2.41 bits per heavy atom. The first-order valence-corrected chi connectivity index (χ1v) is 17.9. The van der Waals surface area contributed by atoms with Gasteiger partial charge >= 0.3 is 5.97 Å². The number of carbonyl (C=O) groups is 1. The van der Waals surface area contributed by atoms with Crippen molar-refractivity contribution in [2.45, 2.75) is 119 Å². The van der Waals surface area contributed by atoms with Gasteiger partial charge in [0, 0.05) is 16.9 Å². The van der Waals surface area contributed by atoms with Gasteiger partial charge in [-0.3, -0.25) is 4.79 Å². The van der Waals surface area contributed by atoms with Crippen LogP contribution in [-0.4, -0.2) is 63.2 Å². The van der Waals surface area contributed by atoms with E-state index in [-0.39, 0.29) is 57.1 Å². The third-order valence-corrected chi connectivity index (χ3v) is 15.2. The lowest BCUT2D eigenvalue weighted by Crippen LogP contribution is -2.69. The van der Waals surface area contributed by atoms with Gasteiger partial charge in [0.05, 0.1) is 31.8 Å². The fourth-order valence-electron chi connectivity index (χ4n) is 11.9. The number of nitrogens with zero attached hydrogens (tertiary/aromatic N) is 4. The van der Waals surface area contributed by atoms with Crippen molar-refractivity contribution in [2.24, 2.45) is 68.3 Å². The van der Waals surface area contributed by atoms with E-state index < -0.39 is 11.9 Å². The van der Waals surface area contributed by atoms with E-state index in [4.69, 9.17) is 20.9 Å². The van der Waals surface area contributed by atoms with Gasteiger partial charge in [-0.2, -0.15) is 4.80 Å². The van der Waals surface area contributed by atoms with E-state index in [2.05, 4.69) is 83.8 Å². The molecule has 10 nitrogen and oxygen atoms in total. The lowest BCUT2D eigenvalue weighted by atomic mass is 9.34. The molecular formula is C36H60N6O4. The first-order chi connectivity index (χ1) is 21.5. The van der Waals surface area contributed by atoms with Gasteiger partial charge in [-0.25, -0.2) is 0 Å². The zero-order chi connectivity index (χ0) is 33.6. The third-order valence-electron chi connectivity index (χ3n) is 15.2. The number of aromatic nitrogens is 4. The average molecular weight is 641 g/mol. The molecule has 1 aliphatic heterocycles. The standard InChI is InChI=1S/C36H60N6O4/c1-20(2)22(5)32(6)14-15-34(8)23-10-11-27-33(7)18-45-19-36(27,24(23)12-13-35(34,9)28(32)30(43)44)16-26(42-40-31(38)39-41-42)29(33)46-17-25(37)21(3)4/h12,20-23,25-29H,10-11,13-19,37H2,1-9H3,(H2,38,40)(H,43,44)/t22-,23+,25+,26-,27+,28-,29+,32-,33-,34-,35+,36+/m1/s1. The van der Waals surface area contributed by atoms with Gasteiger partial charge in [0.15, 0.2) is 0 Å². The summed E-state index contributed by atoms with van der Waals surface area (Å²) in [5.41, 5.74) is 12.7. The summed E-state index contributed by atoms with van der Waals surface area (Å²) in [7, 11) is 0. The van der Waals surface area contributed by atoms with Crippen LogP contribution in [0.3, 0.4) is 0 Å². The SMILES string of the molecule is CC(C)[C@@H](C)[C@@]1(C)CC[C@]2(C)[C@H]3CC[C@@H]4[C@@]5(COC[C@@]4(C)[C@@H](OC[C@H](N)C(C)C)[C@H](n4nnc(N)n4)C5)C3=CC[C@@]2(C)[C@@H]1C(=O)O. The summed E-state index contributed by atoms with van der Waals surface area (Å²) in [4.78, 5) is 15.1. The number of aliphatic carboxylic acids is 1. The van der Waals surface area contributed by atoms with Gasteiger partial charge in [-0.15, -0.1) is 5.10 Å². The van der Waals surface area contributed by atoms with E-state index in [1.54, 1.807) is 4.80 Å². The Morgan fingerprint density at radius 2 is 1.80 bits per heavy atom. The summed E-state index contributed by atoms with van der Waals surface area (Å²) in [6, 6.07) is -0.260. The Hall–Kier alpha value is -2.04. The largest absolute Gasteiger partial charge is 0.481 e. The summed E-state index contributed by atoms with van der Waals surface area (Å²) in [6.07, 6.45) is 7.87. The highest BCUT2D eigenvalue weighted by atomic mass is 16.5. The minimum atomic E-state index is -0.632. The topological polar surface area (TPSA) is 151 Å². The second kappa shape index (κ2) is 11.3. The second-order valence-corrected chi connectivity index (χ2v) is 17.7. The molecule has 2 heterocycles. The molecule has 1 aromatic heterocycles. The molecule has 0 aromatic carbocycles. The minimum Gasteiger partial charge on any atom is -0.481 e. The molecule has 1 aromatic rings. The van der Waals surface area contributed by atoms with Crippen molar-refractivity contribution in [1.82, 2.24) is 20.2 Å². The third kappa shape index (κ3) is 4.58. The summed E-state index contributed by atoms with van der Waals surface area (Å²) in [6.45, 7) is 22.0. The van der Waals surface area contributed by atoms with Gasteiger partial charge in [-0.05, 0) is 89.6 Å². The van der Waals surface area contributed by atoms with Crippen LogP contribution in [-0.2, 0) is 14.3 Å². The smallest absolute Gasteiger partial charge is 0.307 e. The van der Waals surface area contributed by atoms with Gasteiger partial charge in [-0.1, -0.05) is 79.1 Å². The zero-order valence-corrected chi connectivity index (χ0v) is 29.8. The van der Waals surface area contributed by atoms with Crippen LogP contribution in [0, 0.1) is 62.6 Å². The molecule has 2 bridgehead atoms. The van der Waals surface area contributed by atoms with Crippen molar-refractivity contribution in [3.8, 4) is 0 Å². The summed E-state index contributed by atoms with van der Waals surface area (Å²) in [5, 5.41) is 24.0. The highest BCUT2D eigenvalue weighted by Crippen LogP contribution is 2.75. The fraction of sp³-hybridized carbons (Fsp3) is 0.889. The van der Waals surface area contributed by atoms with Crippen molar-refractivity contribution in [1.29, 1.82) is 0 Å². The molecule has 4 fully saturated rings. The van der Waals surface area contributed by atoms with Gasteiger partial charge in [0.1, 0.15) is 6.04 Å². The van der Waals surface area contributed by atoms with Crippen LogP contribution in [0.25, 0.3) is 0 Å². The van der Waals surface area contributed by atoms with Crippen LogP contribution in [0.5, 0.6) is 0 Å². The molecule has 1 saturated heterocycles. The Balaban J connectivity index is 1.44. The molecule has 12 atom stereocenters. The van der Waals surface area contributed by atoms with E-state index in [1.807, 2.05) is 0 Å². The Labute approximate surface area is 275 Å². The number of nitrogen functional groups attached to an aromatic ring is 1. The maximum absolute atomic E-state index is 13.4. The van der Waals surface area contributed by atoms with Gasteiger partial charge in [0.25, 0.3) is 5.95 Å². The molecule has 46 heavy (non-hydrogen) atoms. The van der Waals surface area contributed by atoms with Crippen LogP contribution in [0.4, 0.5) is 5.95 Å². The predicted octanol–water partition coefficient (Wildman–Crippen LogP) is 5.75. The molecule has 0 unspecified atom stereocenters. The number of rotatable bonds is 8. The maximum Gasteiger partial charge on any atom is 0.307 e. The number of ether oxygens (including phenoxy) is 2. The van der Waals surface area contributed by atoms with E-state index in [0.29, 0.717) is 43.5 Å². The fourth-order valence-corrected chi connectivity index (χ4v) is 11.9. The van der Waals surface area contributed by atoms with Crippen molar-refractivity contribution in [2.75, 3.05) is 25.6 Å². The number of hydrogen-bond acceptors (Lipinski definition) is 8. The molecule has 5 N–H and O–H groups in total. The Bertz CT molecular complexity index is 1360. The number of allylic oxidation sites excluding steroid dienone is 1. The molecule has 10 heteroatoms. The number of tetrazole rings is 1. The van der Waals surface area contributed by atoms with Crippen LogP contribution in [0.15, 0.2) is 11.6 Å². The van der Waals surface area contributed by atoms with E-state index >= 15 is 0 Å². The minimum absolute atomic E-state index is 0.0822. The highest BCUT2D eigenvalue weighted by molar-refractivity contribution is 5.73. The molecule has 3 saturated carbocycles. The Kier molecular flexibility index (Phi) is 8.28. The van der Waals surface area contributed by atoms with Crippen LogP contribution in [0.2, 0.25) is 0 Å². The first kappa shape index (κ1) is 33.8. The number of fused-ring (bicyclic) bond motifs is 3. The lowest BCUT2D eigenvalue weighted by Gasteiger charge is -2.71. The zero-order valence-electron chi connectivity index (χ0n) is 29.8. The second-order valence-electron chi connectivity index (χ2n) is 17.7. The van der Waals surface area contributed by atoms with Crippen molar-refractivity contribution in [3.63, 3.8) is 0 Å². The van der Waals surface area contributed by atoms with Gasteiger partial charge in [0.2, 0.25) is 0 Å². The predicted molar refractivity (Wildman–Crippen MR) is 177 cm³/mol. The van der Waals surface area contributed by atoms with E-state index in [1.165, 1.54) is 5.57 Å². The number of anilines is 1. The molecule has 4 aliphatic carbocycles. The van der Waals surface area contributed by atoms with Crippen LogP contribution >= 0.6 is 0 Å². The lowest BCUT2D eigenvalue weighted by molar-refractivity contribution is -0.252. The van der Waals surface area contributed by atoms with Gasteiger partial charge < -0.3 is 26.0 Å². The normalized spacial score (nSPS) is 45.0. The molecule has 0 radical (unpaired) electrons. The van der Waals surface area contributed by atoms with Crippen molar-refractivity contribution in [3.05, 3.63) is 11.6 Å². The highest BCUT2D eigenvalue weighted by Gasteiger charge is 2.72. The molecule has 0 spiro atoms.